The normalized spacial score (nSPS) is 18.9. The Kier molecular flexibility index (Phi) is 4.70. The molecular formula is C15H22O4S. The molecule has 0 radical (unpaired) electrons. The summed E-state index contributed by atoms with van der Waals surface area (Å²) in [5, 5.41) is 9.51. The summed E-state index contributed by atoms with van der Waals surface area (Å²) in [5.74, 6) is 0.710. The zero-order valence-electron chi connectivity index (χ0n) is 12.0. The molecule has 1 aliphatic carbocycles. The molecule has 1 N–H and O–H groups in total. The van der Waals surface area contributed by atoms with Crippen LogP contribution >= 0.6 is 0 Å². The predicted octanol–water partition coefficient (Wildman–Crippen LogP) is 2.26. The highest BCUT2D eigenvalue weighted by Crippen LogP contribution is 2.31. The molecule has 0 aliphatic heterocycles. The molecule has 0 amide bonds. The maximum absolute atomic E-state index is 11.7. The van der Waals surface area contributed by atoms with Gasteiger partial charge in [-0.25, -0.2) is 8.42 Å². The van der Waals surface area contributed by atoms with Crippen molar-refractivity contribution in [3.05, 3.63) is 29.3 Å². The fourth-order valence-electron chi connectivity index (χ4n) is 2.37. The second-order valence-electron chi connectivity index (χ2n) is 5.53. The molecule has 0 saturated carbocycles. The van der Waals surface area contributed by atoms with Crippen molar-refractivity contribution in [3.63, 3.8) is 0 Å². The summed E-state index contributed by atoms with van der Waals surface area (Å²) >= 11 is 0. The van der Waals surface area contributed by atoms with Gasteiger partial charge in [-0.1, -0.05) is 6.07 Å². The van der Waals surface area contributed by atoms with Gasteiger partial charge in [-0.2, -0.15) is 0 Å². The lowest BCUT2D eigenvalue weighted by molar-refractivity contribution is 0.156. The third kappa shape index (κ3) is 3.52. The van der Waals surface area contributed by atoms with Gasteiger partial charge in [-0.15, -0.1) is 0 Å². The van der Waals surface area contributed by atoms with Gasteiger partial charge >= 0.3 is 0 Å². The van der Waals surface area contributed by atoms with E-state index in [1.807, 2.05) is 12.1 Å². The average molecular weight is 298 g/mol. The highest BCUT2D eigenvalue weighted by molar-refractivity contribution is 7.91. The molecule has 0 aromatic heterocycles. The van der Waals surface area contributed by atoms with Crippen LogP contribution in [0.2, 0.25) is 0 Å². The SMILES string of the molecule is CC(C)S(=O)(=O)CCOc1ccc2c(c1)CCCC2O. The summed E-state index contributed by atoms with van der Waals surface area (Å²) in [5.41, 5.74) is 2.08. The Balaban J connectivity index is 1.98. The minimum Gasteiger partial charge on any atom is -0.493 e. The molecule has 0 fully saturated rings. The van der Waals surface area contributed by atoms with Crippen molar-refractivity contribution in [2.45, 2.75) is 44.5 Å². The lowest BCUT2D eigenvalue weighted by Gasteiger charge is -2.21. The summed E-state index contributed by atoms with van der Waals surface area (Å²) in [6.07, 6.45) is 2.33. The molecule has 1 atom stereocenters. The van der Waals surface area contributed by atoms with Crippen LogP contribution in [0.25, 0.3) is 0 Å². The zero-order valence-corrected chi connectivity index (χ0v) is 12.8. The molecule has 112 valence electrons. The van der Waals surface area contributed by atoms with Gasteiger partial charge in [0, 0.05) is 0 Å². The molecule has 20 heavy (non-hydrogen) atoms. The summed E-state index contributed by atoms with van der Waals surface area (Å²) < 4.78 is 28.9. The zero-order chi connectivity index (χ0) is 14.8. The predicted molar refractivity (Wildman–Crippen MR) is 78.8 cm³/mol. The molecular weight excluding hydrogens is 276 g/mol. The number of hydrogen-bond acceptors (Lipinski definition) is 4. The first-order valence-corrected chi connectivity index (χ1v) is 8.77. The van der Waals surface area contributed by atoms with E-state index in [-0.39, 0.29) is 23.7 Å². The third-order valence-electron chi connectivity index (χ3n) is 3.75. The van der Waals surface area contributed by atoms with Gasteiger partial charge in [-0.05, 0) is 56.4 Å². The van der Waals surface area contributed by atoms with Crippen molar-refractivity contribution in [1.29, 1.82) is 0 Å². The maximum atomic E-state index is 11.7. The lowest BCUT2D eigenvalue weighted by atomic mass is 9.89. The van der Waals surface area contributed by atoms with Gasteiger partial charge in [0.25, 0.3) is 0 Å². The van der Waals surface area contributed by atoms with Gasteiger partial charge in [0.15, 0.2) is 9.84 Å². The van der Waals surface area contributed by atoms with E-state index >= 15 is 0 Å². The minimum absolute atomic E-state index is 0.0321. The van der Waals surface area contributed by atoms with Crippen molar-refractivity contribution in [2.75, 3.05) is 12.4 Å². The van der Waals surface area contributed by atoms with Crippen LogP contribution in [0.15, 0.2) is 18.2 Å². The summed E-state index contributed by atoms with van der Waals surface area (Å²) in [6.45, 7) is 3.52. The van der Waals surface area contributed by atoms with Crippen LogP contribution in [0.5, 0.6) is 5.75 Å². The topological polar surface area (TPSA) is 63.6 Å². The third-order valence-corrected chi connectivity index (χ3v) is 5.92. The van der Waals surface area contributed by atoms with E-state index < -0.39 is 9.84 Å². The molecule has 1 aliphatic rings. The lowest BCUT2D eigenvalue weighted by Crippen LogP contribution is -2.22. The van der Waals surface area contributed by atoms with E-state index in [1.165, 1.54) is 0 Å². The first-order valence-electron chi connectivity index (χ1n) is 7.05. The first-order chi connectivity index (χ1) is 9.40. The molecule has 1 aromatic rings. The van der Waals surface area contributed by atoms with Gasteiger partial charge < -0.3 is 9.84 Å². The van der Waals surface area contributed by atoms with Crippen molar-refractivity contribution < 1.29 is 18.3 Å². The molecule has 5 heteroatoms. The van der Waals surface area contributed by atoms with Crippen LogP contribution in [0.3, 0.4) is 0 Å². The van der Waals surface area contributed by atoms with Gasteiger partial charge in [0.05, 0.1) is 17.1 Å². The van der Waals surface area contributed by atoms with Crippen LogP contribution < -0.4 is 4.74 Å². The summed E-state index contributed by atoms with van der Waals surface area (Å²) in [4.78, 5) is 0. The molecule has 0 spiro atoms. The maximum Gasteiger partial charge on any atom is 0.155 e. The molecule has 4 nitrogen and oxygen atoms in total. The summed E-state index contributed by atoms with van der Waals surface area (Å²) in [7, 11) is -3.06. The van der Waals surface area contributed by atoms with E-state index in [0.29, 0.717) is 5.75 Å². The van der Waals surface area contributed by atoms with Gasteiger partial charge in [0.2, 0.25) is 0 Å². The number of fused-ring (bicyclic) bond motifs is 1. The highest BCUT2D eigenvalue weighted by Gasteiger charge is 2.19. The van der Waals surface area contributed by atoms with Crippen molar-refractivity contribution >= 4 is 9.84 Å². The quantitative estimate of drug-likeness (QED) is 0.905. The monoisotopic (exact) mass is 298 g/mol. The number of aryl methyl sites for hydroxylation is 1. The Morgan fingerprint density at radius 1 is 1.40 bits per heavy atom. The second-order valence-corrected chi connectivity index (χ2v) is 8.21. The van der Waals surface area contributed by atoms with E-state index in [1.54, 1.807) is 19.9 Å². The van der Waals surface area contributed by atoms with Crippen LogP contribution in [0, 0.1) is 0 Å². The largest absolute Gasteiger partial charge is 0.493 e. The molecule has 0 heterocycles. The molecule has 2 rings (SSSR count). The highest BCUT2D eigenvalue weighted by atomic mass is 32.2. The Bertz CT molecular complexity index is 563. The fraction of sp³-hybridized carbons (Fsp3) is 0.600. The first kappa shape index (κ1) is 15.3. The Hall–Kier alpha value is -1.07. The second kappa shape index (κ2) is 6.14. The van der Waals surface area contributed by atoms with Gasteiger partial charge in [-0.3, -0.25) is 0 Å². The number of rotatable bonds is 5. The number of ether oxygens (including phenoxy) is 1. The smallest absolute Gasteiger partial charge is 0.155 e. The van der Waals surface area contributed by atoms with Crippen LogP contribution in [0.4, 0.5) is 0 Å². The van der Waals surface area contributed by atoms with Crippen LogP contribution in [-0.4, -0.2) is 31.1 Å². The van der Waals surface area contributed by atoms with Gasteiger partial charge in [0.1, 0.15) is 12.4 Å². The van der Waals surface area contributed by atoms with E-state index in [9.17, 15) is 13.5 Å². The Labute approximate surface area is 120 Å². The Morgan fingerprint density at radius 2 is 2.15 bits per heavy atom. The van der Waals surface area contributed by atoms with Crippen LogP contribution in [0.1, 0.15) is 43.9 Å². The van der Waals surface area contributed by atoms with Crippen molar-refractivity contribution in [3.8, 4) is 5.75 Å². The number of aliphatic hydroxyl groups excluding tert-OH is 1. The Morgan fingerprint density at radius 3 is 2.85 bits per heavy atom. The van der Waals surface area contributed by atoms with Crippen molar-refractivity contribution in [1.82, 2.24) is 0 Å². The molecule has 1 aromatic carbocycles. The molecule has 0 bridgehead atoms. The fourth-order valence-corrected chi connectivity index (χ4v) is 3.15. The number of benzene rings is 1. The average Bonchev–Trinajstić information content (AvgIpc) is 2.38. The minimum atomic E-state index is -3.06. The van der Waals surface area contributed by atoms with Crippen LogP contribution in [-0.2, 0) is 16.3 Å². The molecule has 0 saturated heterocycles. The number of hydrogen-bond donors (Lipinski definition) is 1. The molecule has 1 unspecified atom stereocenters. The van der Waals surface area contributed by atoms with Crippen molar-refractivity contribution in [2.24, 2.45) is 0 Å². The number of sulfone groups is 1. The van der Waals surface area contributed by atoms with E-state index in [4.69, 9.17) is 4.74 Å². The van der Waals surface area contributed by atoms with E-state index in [0.717, 1.165) is 30.4 Å². The number of aliphatic hydroxyl groups is 1. The standard InChI is InChI=1S/C15H22O4S/c1-11(2)20(17,18)9-8-19-13-6-7-14-12(10-13)4-3-5-15(14)16/h6-7,10-11,15-16H,3-5,8-9H2,1-2H3. The summed E-state index contributed by atoms with van der Waals surface area (Å²) in [6, 6.07) is 5.60. The van der Waals surface area contributed by atoms with E-state index in [2.05, 4.69) is 0 Å².